The summed E-state index contributed by atoms with van der Waals surface area (Å²) in [6.07, 6.45) is 2.13. The van der Waals surface area contributed by atoms with Crippen molar-refractivity contribution in [3.63, 3.8) is 0 Å². The number of hydrogen-bond acceptors (Lipinski definition) is 3. The fourth-order valence-corrected chi connectivity index (χ4v) is 2.77. The first-order chi connectivity index (χ1) is 10.0. The first-order valence-corrected chi connectivity index (χ1v) is 7.81. The summed E-state index contributed by atoms with van der Waals surface area (Å²) in [4.78, 5) is 14.7. The number of piperidine rings is 1. The Bertz CT molecular complexity index is 505. The van der Waals surface area contributed by atoms with Crippen LogP contribution in [0.1, 0.15) is 37.0 Å². The van der Waals surface area contributed by atoms with Gasteiger partial charge in [-0.2, -0.15) is 0 Å². The standard InChI is InChI=1S/C16H23ClN2O2/c1-11(2)21-15-7-6-12(17)9-14(15)16(20)19-8-4-5-13(10-19)18-3/h6-7,9,11,13,18H,4-5,8,10H2,1-3H3. The molecule has 21 heavy (non-hydrogen) atoms. The lowest BCUT2D eigenvalue weighted by atomic mass is 10.0. The number of nitrogens with one attached hydrogen (secondary N) is 1. The molecule has 1 aromatic carbocycles. The second kappa shape index (κ2) is 7.14. The lowest BCUT2D eigenvalue weighted by molar-refractivity contribution is 0.0692. The Morgan fingerprint density at radius 2 is 2.24 bits per heavy atom. The Labute approximate surface area is 131 Å². The molecular formula is C16H23ClN2O2. The molecule has 4 nitrogen and oxygen atoms in total. The monoisotopic (exact) mass is 310 g/mol. The van der Waals surface area contributed by atoms with Crippen LogP contribution in [0.15, 0.2) is 18.2 Å². The predicted octanol–water partition coefficient (Wildman–Crippen LogP) is 2.95. The van der Waals surface area contributed by atoms with E-state index in [1.807, 2.05) is 25.8 Å². The number of carbonyl (C=O) groups excluding carboxylic acids is 1. The summed E-state index contributed by atoms with van der Waals surface area (Å²) in [7, 11) is 1.94. The molecule has 1 heterocycles. The van der Waals surface area contributed by atoms with Crippen molar-refractivity contribution in [2.75, 3.05) is 20.1 Å². The van der Waals surface area contributed by atoms with E-state index in [4.69, 9.17) is 16.3 Å². The molecule has 1 aliphatic rings. The van der Waals surface area contributed by atoms with E-state index >= 15 is 0 Å². The van der Waals surface area contributed by atoms with Gasteiger partial charge in [-0.15, -0.1) is 0 Å². The molecule has 0 aliphatic carbocycles. The molecule has 0 bridgehead atoms. The van der Waals surface area contributed by atoms with Gasteiger partial charge in [0.15, 0.2) is 0 Å². The van der Waals surface area contributed by atoms with Gasteiger partial charge >= 0.3 is 0 Å². The maximum absolute atomic E-state index is 12.8. The van der Waals surface area contributed by atoms with Crippen molar-refractivity contribution in [1.29, 1.82) is 0 Å². The second-order valence-corrected chi connectivity index (χ2v) is 6.12. The molecule has 1 amide bonds. The van der Waals surface area contributed by atoms with E-state index < -0.39 is 0 Å². The molecule has 116 valence electrons. The van der Waals surface area contributed by atoms with Crippen molar-refractivity contribution in [3.05, 3.63) is 28.8 Å². The molecule has 2 rings (SSSR count). The zero-order chi connectivity index (χ0) is 15.4. The summed E-state index contributed by atoms with van der Waals surface area (Å²) in [6, 6.07) is 5.58. The highest BCUT2D eigenvalue weighted by Gasteiger charge is 2.26. The predicted molar refractivity (Wildman–Crippen MR) is 85.2 cm³/mol. The number of halogens is 1. The normalized spacial score (nSPS) is 18.9. The lowest BCUT2D eigenvalue weighted by Gasteiger charge is -2.33. The van der Waals surface area contributed by atoms with E-state index in [1.165, 1.54) is 0 Å². The minimum atomic E-state index is -0.00639. The van der Waals surface area contributed by atoms with Crippen LogP contribution < -0.4 is 10.1 Å². The largest absolute Gasteiger partial charge is 0.490 e. The van der Waals surface area contributed by atoms with Crippen LogP contribution in [-0.2, 0) is 0 Å². The Kier molecular flexibility index (Phi) is 5.48. The van der Waals surface area contributed by atoms with Crippen LogP contribution in [0.3, 0.4) is 0 Å². The maximum atomic E-state index is 12.8. The summed E-state index contributed by atoms with van der Waals surface area (Å²) in [6.45, 7) is 5.40. The molecular weight excluding hydrogens is 288 g/mol. The number of nitrogens with zero attached hydrogens (tertiary/aromatic N) is 1. The van der Waals surface area contributed by atoms with Crippen LogP contribution in [0.5, 0.6) is 5.75 Å². The summed E-state index contributed by atoms with van der Waals surface area (Å²) in [5.41, 5.74) is 0.549. The van der Waals surface area contributed by atoms with E-state index in [2.05, 4.69) is 5.32 Å². The van der Waals surface area contributed by atoms with Gasteiger partial charge in [0.2, 0.25) is 0 Å². The van der Waals surface area contributed by atoms with Crippen LogP contribution in [0.2, 0.25) is 5.02 Å². The first-order valence-electron chi connectivity index (χ1n) is 7.44. The van der Waals surface area contributed by atoms with Crippen LogP contribution in [0.25, 0.3) is 0 Å². The highest BCUT2D eigenvalue weighted by molar-refractivity contribution is 6.31. The number of ether oxygens (including phenoxy) is 1. The highest BCUT2D eigenvalue weighted by atomic mass is 35.5. The fraction of sp³-hybridized carbons (Fsp3) is 0.562. The first kappa shape index (κ1) is 16.1. The molecule has 5 heteroatoms. The number of hydrogen-bond donors (Lipinski definition) is 1. The van der Waals surface area contributed by atoms with E-state index in [-0.39, 0.29) is 12.0 Å². The highest BCUT2D eigenvalue weighted by Crippen LogP contribution is 2.26. The zero-order valence-electron chi connectivity index (χ0n) is 12.9. The molecule has 0 radical (unpaired) electrons. The second-order valence-electron chi connectivity index (χ2n) is 5.69. The average Bonchev–Trinajstić information content (AvgIpc) is 2.48. The Morgan fingerprint density at radius 1 is 1.48 bits per heavy atom. The van der Waals surface area contributed by atoms with Crippen LogP contribution in [0.4, 0.5) is 0 Å². The minimum absolute atomic E-state index is 0.00639. The third-order valence-electron chi connectivity index (χ3n) is 3.65. The molecule has 1 N–H and O–H groups in total. The van der Waals surface area contributed by atoms with E-state index in [0.29, 0.717) is 22.4 Å². The minimum Gasteiger partial charge on any atom is -0.490 e. The molecule has 1 atom stereocenters. The van der Waals surface area contributed by atoms with Gasteiger partial charge in [-0.3, -0.25) is 4.79 Å². The third-order valence-corrected chi connectivity index (χ3v) is 3.89. The molecule has 0 spiro atoms. The molecule has 1 unspecified atom stereocenters. The lowest BCUT2D eigenvalue weighted by Crippen LogP contribution is -2.47. The van der Waals surface area contributed by atoms with Crippen molar-refractivity contribution >= 4 is 17.5 Å². The van der Waals surface area contributed by atoms with Crippen molar-refractivity contribution in [1.82, 2.24) is 10.2 Å². The van der Waals surface area contributed by atoms with Gasteiger partial charge in [0.25, 0.3) is 5.91 Å². The molecule has 1 aliphatic heterocycles. The van der Waals surface area contributed by atoms with Gasteiger partial charge in [-0.25, -0.2) is 0 Å². The van der Waals surface area contributed by atoms with Gasteiger partial charge in [0, 0.05) is 24.2 Å². The smallest absolute Gasteiger partial charge is 0.257 e. The van der Waals surface area contributed by atoms with Crippen molar-refractivity contribution in [2.45, 2.75) is 38.8 Å². The van der Waals surface area contributed by atoms with Gasteiger partial charge in [-0.05, 0) is 51.9 Å². The molecule has 1 fully saturated rings. The number of carbonyl (C=O) groups is 1. The van der Waals surface area contributed by atoms with Crippen molar-refractivity contribution < 1.29 is 9.53 Å². The maximum Gasteiger partial charge on any atom is 0.257 e. The van der Waals surface area contributed by atoms with Crippen LogP contribution in [0, 0.1) is 0 Å². The number of benzene rings is 1. The molecule has 1 aromatic rings. The van der Waals surface area contributed by atoms with E-state index in [0.717, 1.165) is 25.9 Å². The average molecular weight is 311 g/mol. The topological polar surface area (TPSA) is 41.6 Å². The van der Waals surface area contributed by atoms with E-state index in [1.54, 1.807) is 18.2 Å². The number of amides is 1. The SMILES string of the molecule is CNC1CCCN(C(=O)c2cc(Cl)ccc2OC(C)C)C1. The fourth-order valence-electron chi connectivity index (χ4n) is 2.59. The summed E-state index contributed by atoms with van der Waals surface area (Å²) >= 11 is 6.05. The van der Waals surface area contributed by atoms with Crippen LogP contribution >= 0.6 is 11.6 Å². The number of rotatable bonds is 4. The Hall–Kier alpha value is -1.26. The Morgan fingerprint density at radius 3 is 2.90 bits per heavy atom. The summed E-state index contributed by atoms with van der Waals surface area (Å²) < 4.78 is 5.74. The summed E-state index contributed by atoms with van der Waals surface area (Å²) in [5, 5.41) is 3.80. The van der Waals surface area contributed by atoms with Gasteiger partial charge < -0.3 is 15.0 Å². The quantitative estimate of drug-likeness (QED) is 0.929. The van der Waals surface area contributed by atoms with Crippen molar-refractivity contribution in [2.24, 2.45) is 0 Å². The zero-order valence-corrected chi connectivity index (χ0v) is 13.6. The van der Waals surface area contributed by atoms with Gasteiger partial charge in [-0.1, -0.05) is 11.6 Å². The Balaban J connectivity index is 2.23. The number of likely N-dealkylation sites (N-methyl/N-ethyl adjacent to an activating group) is 1. The van der Waals surface area contributed by atoms with Crippen LogP contribution in [-0.4, -0.2) is 43.1 Å². The van der Waals surface area contributed by atoms with E-state index in [9.17, 15) is 4.79 Å². The van der Waals surface area contributed by atoms with Gasteiger partial charge in [0.05, 0.1) is 11.7 Å². The molecule has 0 aromatic heterocycles. The molecule has 0 saturated carbocycles. The molecule has 1 saturated heterocycles. The van der Waals surface area contributed by atoms with Gasteiger partial charge in [0.1, 0.15) is 5.75 Å². The number of likely N-dealkylation sites (tertiary alicyclic amines) is 1. The summed E-state index contributed by atoms with van der Waals surface area (Å²) in [5.74, 6) is 0.596. The van der Waals surface area contributed by atoms with Crippen molar-refractivity contribution in [3.8, 4) is 5.75 Å². The third kappa shape index (κ3) is 4.11.